The summed E-state index contributed by atoms with van der Waals surface area (Å²) in [4.78, 5) is 20.1. The number of carbonyl (C=O) groups is 1. The number of carboxylic acids is 1. The van der Waals surface area contributed by atoms with Crippen LogP contribution in [0.5, 0.6) is 5.75 Å². The topological polar surface area (TPSA) is 65.9 Å². The fourth-order valence-electron chi connectivity index (χ4n) is 5.49. The van der Waals surface area contributed by atoms with Gasteiger partial charge in [0.25, 0.3) is 0 Å². The average molecular weight is 572 g/mol. The number of hydrogen-bond donors (Lipinski definition) is 1. The first kappa shape index (κ1) is 30.1. The van der Waals surface area contributed by atoms with Gasteiger partial charge in [0.2, 0.25) is 0 Å². The predicted octanol–water partition coefficient (Wildman–Crippen LogP) is 6.13. The summed E-state index contributed by atoms with van der Waals surface area (Å²) < 4.78 is 62.4. The number of fused-ring (bicyclic) bond motifs is 1. The van der Waals surface area contributed by atoms with Gasteiger partial charge < -0.3 is 14.7 Å². The van der Waals surface area contributed by atoms with Gasteiger partial charge in [-0.1, -0.05) is 11.8 Å². The number of hydrogen-bond acceptors (Lipinski definition) is 5. The molecule has 1 N–H and O–H groups in total. The van der Waals surface area contributed by atoms with Crippen LogP contribution in [-0.4, -0.2) is 61.8 Å². The molecule has 0 amide bonds. The second-order valence-corrected chi connectivity index (χ2v) is 10.7. The largest absolute Gasteiger partial charge is 0.497 e. The Morgan fingerprint density at radius 3 is 2.46 bits per heavy atom. The molecule has 2 heterocycles. The van der Waals surface area contributed by atoms with E-state index < -0.39 is 40.6 Å². The first-order chi connectivity index (χ1) is 19.5. The van der Waals surface area contributed by atoms with E-state index in [4.69, 9.17) is 4.74 Å². The lowest BCUT2D eigenvalue weighted by Gasteiger charge is -2.41. The lowest BCUT2D eigenvalue weighted by molar-refractivity contribution is -0.141. The minimum Gasteiger partial charge on any atom is -0.497 e. The van der Waals surface area contributed by atoms with Crippen molar-refractivity contribution in [2.75, 3.05) is 45.7 Å². The number of piperidine rings is 1. The number of halogens is 4. The molecule has 41 heavy (non-hydrogen) atoms. The van der Waals surface area contributed by atoms with Crippen molar-refractivity contribution in [3.8, 4) is 17.6 Å². The van der Waals surface area contributed by atoms with Crippen LogP contribution in [0.25, 0.3) is 10.9 Å². The quantitative estimate of drug-likeness (QED) is 0.246. The highest BCUT2D eigenvalue weighted by Crippen LogP contribution is 2.44. The highest BCUT2D eigenvalue weighted by molar-refractivity contribution is 5.88. The van der Waals surface area contributed by atoms with Gasteiger partial charge in [-0.2, -0.15) is 0 Å². The van der Waals surface area contributed by atoms with Crippen molar-refractivity contribution in [3.63, 3.8) is 0 Å². The molecular weight excluding hydrogens is 538 g/mol. The van der Waals surface area contributed by atoms with Crippen LogP contribution in [0, 0.1) is 34.7 Å². The summed E-state index contributed by atoms with van der Waals surface area (Å²) >= 11 is 0. The van der Waals surface area contributed by atoms with Gasteiger partial charge in [0.15, 0.2) is 0 Å². The highest BCUT2D eigenvalue weighted by atomic mass is 19.1. The molecule has 0 radical (unpaired) electrons. The maximum Gasteiger partial charge on any atom is 0.303 e. The molecule has 4 rings (SSSR count). The number of carboxylic acid groups (broad SMARTS) is 1. The number of pyridine rings is 1. The Hall–Kier alpha value is -3.84. The Morgan fingerprint density at radius 2 is 1.85 bits per heavy atom. The maximum atomic E-state index is 16.1. The molecule has 0 bridgehead atoms. The molecule has 1 aliphatic rings. The second-order valence-electron chi connectivity index (χ2n) is 10.7. The molecule has 6 nitrogen and oxygen atoms in total. The number of benzene rings is 2. The van der Waals surface area contributed by atoms with E-state index in [0.29, 0.717) is 72.4 Å². The van der Waals surface area contributed by atoms with Crippen molar-refractivity contribution in [2.45, 2.75) is 38.3 Å². The lowest BCUT2D eigenvalue weighted by atomic mass is 9.71. The molecule has 1 fully saturated rings. The summed E-state index contributed by atoms with van der Waals surface area (Å²) in [5.74, 6) is 1.68. The van der Waals surface area contributed by atoms with E-state index in [0.717, 1.165) is 0 Å². The molecular formula is C31H33F4N3O3. The zero-order chi connectivity index (χ0) is 29.7. The molecule has 0 unspecified atom stereocenters. The molecule has 10 heteroatoms. The number of rotatable bonds is 9. The minimum atomic E-state index is -1.36. The van der Waals surface area contributed by atoms with Crippen LogP contribution < -0.4 is 9.64 Å². The number of likely N-dealkylation sites (tertiary alicyclic amines) is 1. The molecule has 1 aliphatic heterocycles. The molecule has 1 atom stereocenters. The van der Waals surface area contributed by atoms with Gasteiger partial charge in [-0.25, -0.2) is 17.6 Å². The van der Waals surface area contributed by atoms with Gasteiger partial charge in [-0.3, -0.25) is 14.7 Å². The van der Waals surface area contributed by atoms with Crippen molar-refractivity contribution in [1.29, 1.82) is 0 Å². The van der Waals surface area contributed by atoms with Crippen molar-refractivity contribution < 1.29 is 32.2 Å². The van der Waals surface area contributed by atoms with Crippen molar-refractivity contribution >= 4 is 22.6 Å². The Bertz CT molecular complexity index is 1450. The number of aromatic nitrogens is 1. The van der Waals surface area contributed by atoms with Crippen molar-refractivity contribution in [1.82, 2.24) is 9.88 Å². The fourth-order valence-corrected chi connectivity index (χ4v) is 5.49. The summed E-state index contributed by atoms with van der Waals surface area (Å²) in [6.45, 7) is 1.22. The molecule has 1 aromatic heterocycles. The SMILES string of the molecule is COc1ccc2ncc(N(C)C)c([C@H](F)CCC3(CC(=O)O)CCN(CC#Cc4c(F)cc(F)cc4F)CC3)c2c1. The van der Waals surface area contributed by atoms with Crippen molar-refractivity contribution in [2.24, 2.45) is 5.41 Å². The van der Waals surface area contributed by atoms with Gasteiger partial charge in [0.05, 0.1) is 43.0 Å². The maximum absolute atomic E-state index is 16.1. The lowest BCUT2D eigenvalue weighted by Crippen LogP contribution is -2.41. The third-order valence-electron chi connectivity index (χ3n) is 7.78. The monoisotopic (exact) mass is 571 g/mol. The first-order valence-corrected chi connectivity index (χ1v) is 13.4. The molecule has 3 aromatic rings. The fraction of sp³-hybridized carbons (Fsp3) is 0.419. The van der Waals surface area contributed by atoms with Crippen LogP contribution in [-0.2, 0) is 4.79 Å². The Balaban J connectivity index is 1.48. The molecule has 1 saturated heterocycles. The molecule has 218 valence electrons. The van der Waals surface area contributed by atoms with Gasteiger partial charge in [0, 0.05) is 37.2 Å². The number of anilines is 1. The summed E-state index contributed by atoms with van der Waals surface area (Å²) in [7, 11) is 5.19. The van der Waals surface area contributed by atoms with Gasteiger partial charge >= 0.3 is 5.97 Å². The standard InChI is InChI=1S/C31H33F4N3O3/c1-37(2)28-19-36-27-7-6-21(41-3)17-23(27)30(28)24(33)8-9-31(18-29(39)40)10-13-38(14-11-31)12-4-5-22-25(34)15-20(32)16-26(22)35/h6-7,15-17,19,24H,8-14,18H2,1-3H3,(H,39,40)/t24-/m1/s1. The number of aliphatic carboxylic acids is 1. The van der Waals surface area contributed by atoms with Crippen LogP contribution in [0.15, 0.2) is 36.5 Å². The minimum absolute atomic E-state index is 0.0866. The highest BCUT2D eigenvalue weighted by Gasteiger charge is 2.37. The van der Waals surface area contributed by atoms with Crippen LogP contribution in [0.3, 0.4) is 0 Å². The molecule has 0 aliphatic carbocycles. The van der Waals surface area contributed by atoms with E-state index in [1.54, 1.807) is 31.5 Å². The van der Waals surface area contributed by atoms with Gasteiger partial charge in [-0.15, -0.1) is 0 Å². The van der Waals surface area contributed by atoms with Gasteiger partial charge in [-0.05, 0) is 62.4 Å². The van der Waals surface area contributed by atoms with E-state index >= 15 is 4.39 Å². The Kier molecular flexibility index (Phi) is 9.38. The second kappa shape index (κ2) is 12.8. The summed E-state index contributed by atoms with van der Waals surface area (Å²) in [6.07, 6.45) is 1.72. The molecule has 0 saturated carbocycles. The number of nitrogens with zero attached hydrogens (tertiary/aromatic N) is 3. The van der Waals surface area contributed by atoms with E-state index in [9.17, 15) is 23.1 Å². The summed E-state index contributed by atoms with van der Waals surface area (Å²) in [6, 6.07) is 6.49. The zero-order valence-electron chi connectivity index (χ0n) is 23.3. The smallest absolute Gasteiger partial charge is 0.303 e. The van der Waals surface area contributed by atoms with Crippen LogP contribution in [0.2, 0.25) is 0 Å². The van der Waals surface area contributed by atoms with E-state index in [1.807, 2.05) is 23.9 Å². The number of methoxy groups -OCH3 is 1. The Labute approximate surface area is 236 Å². The number of alkyl halides is 1. The predicted molar refractivity (Wildman–Crippen MR) is 149 cm³/mol. The average Bonchev–Trinajstić information content (AvgIpc) is 2.92. The normalized spacial score (nSPS) is 15.7. The molecule has 0 spiro atoms. The van der Waals surface area contributed by atoms with E-state index in [2.05, 4.69) is 16.8 Å². The van der Waals surface area contributed by atoms with Crippen LogP contribution in [0.1, 0.15) is 49.4 Å². The Morgan fingerprint density at radius 1 is 1.17 bits per heavy atom. The number of ether oxygens (including phenoxy) is 1. The van der Waals surface area contributed by atoms with E-state index in [-0.39, 0.29) is 19.4 Å². The first-order valence-electron chi connectivity index (χ1n) is 13.4. The van der Waals surface area contributed by atoms with Gasteiger partial charge in [0.1, 0.15) is 29.4 Å². The summed E-state index contributed by atoms with van der Waals surface area (Å²) in [5, 5.41) is 10.3. The van der Waals surface area contributed by atoms with Crippen molar-refractivity contribution in [3.05, 3.63) is 65.1 Å². The zero-order valence-corrected chi connectivity index (χ0v) is 23.3. The summed E-state index contributed by atoms with van der Waals surface area (Å²) in [5.41, 5.74) is 0.694. The molecule has 2 aromatic carbocycles. The van der Waals surface area contributed by atoms with E-state index in [1.165, 1.54) is 0 Å². The third kappa shape index (κ3) is 7.09. The van der Waals surface area contributed by atoms with Crippen LogP contribution >= 0.6 is 0 Å². The third-order valence-corrected chi connectivity index (χ3v) is 7.78. The van der Waals surface area contributed by atoms with Crippen LogP contribution in [0.4, 0.5) is 23.2 Å².